The van der Waals surface area contributed by atoms with Crippen molar-refractivity contribution in [2.24, 2.45) is 0 Å². The summed E-state index contributed by atoms with van der Waals surface area (Å²) in [5, 5.41) is 38.0. The highest BCUT2D eigenvalue weighted by Crippen LogP contribution is 2.47. The van der Waals surface area contributed by atoms with Crippen molar-refractivity contribution in [1.82, 2.24) is 59.3 Å². The maximum Gasteiger partial charge on any atom is 0.246 e. The van der Waals surface area contributed by atoms with E-state index in [-0.39, 0.29) is 83.3 Å². The number of amides is 3. The van der Waals surface area contributed by atoms with Gasteiger partial charge in [-0.3, -0.25) is 14.4 Å². The number of nitrogens with zero attached hydrogens (tertiary/aromatic N) is 18. The van der Waals surface area contributed by atoms with Crippen LogP contribution in [-0.2, 0) is 14.4 Å². The largest absolute Gasteiger partial charge is 0.508 e. The fraction of sp³-hybridized carbons (Fsp3) is 0.315. The van der Waals surface area contributed by atoms with Crippen molar-refractivity contribution >= 4 is 153 Å². The summed E-state index contributed by atoms with van der Waals surface area (Å²) in [7, 11) is 17.6. The number of carbonyl (C=O) groups is 3. The number of benzene rings is 9. The van der Waals surface area contributed by atoms with Crippen LogP contribution in [0.25, 0.3) is 98.4 Å². The van der Waals surface area contributed by atoms with Crippen LogP contribution in [-0.4, -0.2) is 274 Å². The van der Waals surface area contributed by atoms with E-state index in [1.807, 2.05) is 161 Å². The summed E-state index contributed by atoms with van der Waals surface area (Å²) in [4.78, 5) is 88.1. The number of rotatable bonds is 20. The van der Waals surface area contributed by atoms with E-state index >= 15 is 13.2 Å². The smallest absolute Gasteiger partial charge is 0.246 e. The molecule has 15 rings (SSSR count). The van der Waals surface area contributed by atoms with Crippen LogP contribution in [0.3, 0.4) is 0 Å². The van der Waals surface area contributed by atoms with Crippen molar-refractivity contribution in [2.45, 2.75) is 6.92 Å². The van der Waals surface area contributed by atoms with Crippen molar-refractivity contribution in [3.8, 4) is 50.6 Å². The minimum atomic E-state index is -0.579. The van der Waals surface area contributed by atoms with Crippen molar-refractivity contribution < 1.29 is 42.9 Å². The molecular formula is C89H96Cl3F3N18O6. The summed E-state index contributed by atoms with van der Waals surface area (Å²) in [5.41, 5.74) is 2.45. The van der Waals surface area contributed by atoms with Gasteiger partial charge in [-0.1, -0.05) is 121 Å². The number of halogens is 6. The second kappa shape index (κ2) is 36.7. The second-order valence-electron chi connectivity index (χ2n) is 30.7. The Morgan fingerprint density at radius 1 is 0.378 bits per heavy atom. The molecule has 0 atom stereocenters. The summed E-state index contributed by atoms with van der Waals surface area (Å²) in [6.45, 7) is 19.2. The standard InChI is InChI=1S/2C30H32ClFN6O2.C29H32ClFN6O2/c2*1-5-25(40)37-12-14-38(15-13-37)29-23-18-24(31)26(22-17-20(39)16-19-8-6-7-9-21(19)22)27(32)28(23)33-30(34-29)36(4)11-10-35(2)3;1-18(38)36-11-13-37(14-12-36)28-23-17-24(30)25(22-16-20(39)15-19-7-5-6-8-21(19)22)26(31)27(23)32-29(33-28)35(4)10-9-34(2)3/h2*5-9,16-18,39H,1,10-15H2,2-4H3;5-8,15-17,39H,9-14H2,1-4H3. The highest BCUT2D eigenvalue weighted by atomic mass is 35.5. The fourth-order valence-corrected chi connectivity index (χ4v) is 16.0. The van der Waals surface area contributed by atoms with Crippen molar-refractivity contribution in [2.75, 3.05) is 211 Å². The SMILES string of the molecule is C=CC(=O)N1CCN(c2nc(N(C)CCN(C)C)nc3c(F)c(-c4cc(O)cc5ccccc45)c(Cl)cc23)CC1.C=CC(=O)N1CCN(c2nc(N(C)CCN(C)C)nc3c(F)c(-c4cc(O)cc5ccccc45)c(Cl)cc23)CC1.CC(=O)N1CCN(c2nc(N(C)CCN(C)C)nc3c(F)c(-c4cc(O)cc5ccccc45)c(Cl)cc23)CC1. The van der Waals surface area contributed by atoms with Gasteiger partial charge in [0.25, 0.3) is 0 Å². The lowest BCUT2D eigenvalue weighted by Gasteiger charge is -2.35. The Bertz CT molecular complexity index is 5650. The number of aromatic hydroxyl groups is 3. The maximum absolute atomic E-state index is 16.6. The van der Waals surface area contributed by atoms with E-state index in [0.717, 1.165) is 52.0 Å². The van der Waals surface area contributed by atoms with E-state index in [1.54, 1.807) is 58.0 Å². The zero-order valence-electron chi connectivity index (χ0n) is 68.3. The van der Waals surface area contributed by atoms with Gasteiger partial charge in [0.05, 0.1) is 15.1 Å². The van der Waals surface area contributed by atoms with Crippen LogP contribution in [0.1, 0.15) is 6.92 Å². The third-order valence-corrected chi connectivity index (χ3v) is 22.6. The van der Waals surface area contributed by atoms with Crippen LogP contribution in [0.5, 0.6) is 17.2 Å². The first-order valence-electron chi connectivity index (χ1n) is 39.2. The summed E-state index contributed by atoms with van der Waals surface area (Å²) in [6, 6.07) is 37.0. The molecule has 0 aliphatic carbocycles. The van der Waals surface area contributed by atoms with Crippen LogP contribution in [0.4, 0.5) is 48.5 Å². The molecule has 0 saturated carbocycles. The predicted octanol–water partition coefficient (Wildman–Crippen LogP) is 14.2. The van der Waals surface area contributed by atoms with Crippen LogP contribution in [0.2, 0.25) is 15.1 Å². The van der Waals surface area contributed by atoms with Crippen LogP contribution >= 0.6 is 34.8 Å². The maximum atomic E-state index is 16.6. The molecule has 3 N–H and O–H groups in total. The fourth-order valence-electron chi connectivity index (χ4n) is 15.1. The highest BCUT2D eigenvalue weighted by molar-refractivity contribution is 6.36. The first kappa shape index (κ1) is 85.3. The second-order valence-corrected chi connectivity index (χ2v) is 31.9. The molecule has 0 bridgehead atoms. The molecule has 0 unspecified atom stereocenters. The Kier molecular flexibility index (Phi) is 26.3. The molecule has 9 aromatic carbocycles. The Hall–Kier alpha value is -11.6. The molecule has 3 aromatic heterocycles. The Morgan fingerprint density at radius 2 is 0.639 bits per heavy atom. The number of carbonyl (C=O) groups excluding carboxylic acids is 3. The molecule has 6 heterocycles. The van der Waals surface area contributed by atoms with E-state index in [4.69, 9.17) is 64.7 Å². The van der Waals surface area contributed by atoms with Gasteiger partial charge in [0.1, 0.15) is 51.3 Å². The number of hydrogen-bond donors (Lipinski definition) is 3. The molecule has 620 valence electrons. The Morgan fingerprint density at radius 3 is 0.891 bits per heavy atom. The van der Waals surface area contributed by atoms with Gasteiger partial charge in [-0.25, -0.2) is 28.1 Å². The molecule has 119 heavy (non-hydrogen) atoms. The van der Waals surface area contributed by atoms with Gasteiger partial charge in [0.2, 0.25) is 35.6 Å². The molecule has 30 heteroatoms. The van der Waals surface area contributed by atoms with E-state index in [0.29, 0.717) is 166 Å². The number of aromatic nitrogens is 6. The summed E-state index contributed by atoms with van der Waals surface area (Å²) < 4.78 is 49.8. The monoisotopic (exact) mass is 1670 g/mol. The minimum absolute atomic E-state index is 0.0173. The number of fused-ring (bicyclic) bond motifs is 6. The number of piperazine rings is 3. The zero-order chi connectivity index (χ0) is 84.9. The summed E-state index contributed by atoms with van der Waals surface area (Å²) in [6.07, 6.45) is 2.63. The van der Waals surface area contributed by atoms with Crippen molar-refractivity contribution in [1.29, 1.82) is 0 Å². The lowest BCUT2D eigenvalue weighted by Crippen LogP contribution is -2.48. The summed E-state index contributed by atoms with van der Waals surface area (Å²) in [5.74, 6) is 1.03. The molecule has 0 radical (unpaired) electrons. The van der Waals surface area contributed by atoms with Gasteiger partial charge in [0.15, 0.2) is 17.5 Å². The lowest BCUT2D eigenvalue weighted by atomic mass is 9.96. The average Bonchev–Trinajstić information content (AvgIpc) is 0.751. The van der Waals surface area contributed by atoms with Crippen LogP contribution < -0.4 is 29.4 Å². The van der Waals surface area contributed by atoms with Gasteiger partial charge in [-0.05, 0) is 158 Å². The lowest BCUT2D eigenvalue weighted by molar-refractivity contribution is -0.129. The minimum Gasteiger partial charge on any atom is -0.508 e. The Labute approximate surface area is 704 Å². The molecule has 3 aliphatic heterocycles. The third kappa shape index (κ3) is 18.5. The van der Waals surface area contributed by atoms with Crippen molar-refractivity contribution in [3.05, 3.63) is 185 Å². The van der Waals surface area contributed by atoms with Crippen LogP contribution in [0, 0.1) is 17.5 Å². The number of likely N-dealkylation sites (N-methyl/N-ethyl adjacent to an activating group) is 6. The highest BCUT2D eigenvalue weighted by Gasteiger charge is 2.32. The van der Waals surface area contributed by atoms with Gasteiger partial charge in [0, 0.05) is 179 Å². The first-order valence-corrected chi connectivity index (χ1v) is 40.3. The Balaban J connectivity index is 0.000000155. The number of anilines is 6. The normalized spacial score (nSPS) is 13.9. The van der Waals surface area contributed by atoms with E-state index in [9.17, 15) is 29.7 Å². The predicted molar refractivity (Wildman–Crippen MR) is 475 cm³/mol. The van der Waals surface area contributed by atoms with Gasteiger partial charge < -0.3 is 74.1 Å². The molecule has 3 fully saturated rings. The third-order valence-electron chi connectivity index (χ3n) is 21.7. The molecular weight excluding hydrogens is 1580 g/mol. The molecule has 24 nitrogen and oxygen atoms in total. The zero-order valence-corrected chi connectivity index (χ0v) is 70.6. The van der Waals surface area contributed by atoms with Gasteiger partial charge >= 0.3 is 0 Å². The quantitative estimate of drug-likeness (QED) is 0.0603. The number of hydrogen-bond acceptors (Lipinski definition) is 21. The van der Waals surface area contributed by atoms with Gasteiger partial charge in [-0.2, -0.15) is 15.0 Å². The van der Waals surface area contributed by atoms with E-state index in [2.05, 4.69) is 32.8 Å². The molecule has 0 spiro atoms. The molecule has 3 aliphatic rings. The first-order chi connectivity index (χ1) is 57.0. The molecule has 12 aromatic rings. The van der Waals surface area contributed by atoms with E-state index < -0.39 is 17.5 Å². The van der Waals surface area contributed by atoms with E-state index in [1.165, 1.54) is 30.4 Å². The number of phenolic OH excluding ortho intramolecular Hbond substituents is 3. The summed E-state index contributed by atoms with van der Waals surface area (Å²) >= 11 is 20.4. The van der Waals surface area contributed by atoms with Crippen LogP contribution in [0.15, 0.2) is 153 Å². The number of phenols is 3. The molecule has 3 amide bonds. The topological polar surface area (TPSA) is 228 Å². The van der Waals surface area contributed by atoms with Crippen molar-refractivity contribution in [3.63, 3.8) is 0 Å². The van der Waals surface area contributed by atoms with Gasteiger partial charge in [-0.15, -0.1) is 0 Å². The molecule has 3 saturated heterocycles. The average molecular weight is 1680 g/mol.